The lowest BCUT2D eigenvalue weighted by Gasteiger charge is -2.31. The number of carbonyl (C=O) groups is 1. The van der Waals surface area contributed by atoms with E-state index >= 15 is 0 Å². The molecule has 7 heteroatoms. The zero-order valence-corrected chi connectivity index (χ0v) is 11.5. The van der Waals surface area contributed by atoms with Crippen LogP contribution in [0.2, 0.25) is 0 Å². The van der Waals surface area contributed by atoms with Crippen molar-refractivity contribution in [2.45, 2.75) is 44.3 Å². The predicted molar refractivity (Wildman–Crippen MR) is 71.8 cm³/mol. The monoisotopic (exact) mass is 279 g/mol. The van der Waals surface area contributed by atoms with Gasteiger partial charge in [0, 0.05) is 13.1 Å². The number of nitrogens with zero attached hydrogens (tertiary/aromatic N) is 4. The predicted octanol–water partition coefficient (Wildman–Crippen LogP) is 0.0660. The number of nitrogens with two attached hydrogens (primary N) is 1. The van der Waals surface area contributed by atoms with Crippen LogP contribution in [0, 0.1) is 5.92 Å². The molecule has 3 N–H and O–H groups in total. The molecule has 7 nitrogen and oxygen atoms in total. The van der Waals surface area contributed by atoms with Gasteiger partial charge in [0.2, 0.25) is 0 Å². The van der Waals surface area contributed by atoms with Crippen molar-refractivity contribution in [1.29, 1.82) is 0 Å². The Hall–Kier alpha value is -1.47. The number of hydrogen-bond acceptors (Lipinski definition) is 5. The van der Waals surface area contributed by atoms with Crippen molar-refractivity contribution in [1.82, 2.24) is 19.7 Å². The number of carboxylic acid groups (broad SMARTS) is 1. The molecule has 0 amide bonds. The molecule has 20 heavy (non-hydrogen) atoms. The first-order chi connectivity index (χ1) is 9.59. The van der Waals surface area contributed by atoms with E-state index < -0.39 is 11.5 Å². The molecule has 1 aromatic heterocycles. The molecule has 1 fully saturated rings. The van der Waals surface area contributed by atoms with Crippen LogP contribution in [-0.4, -0.2) is 49.4 Å². The summed E-state index contributed by atoms with van der Waals surface area (Å²) in [6, 6.07) is 0. The highest BCUT2D eigenvalue weighted by atomic mass is 16.4. The summed E-state index contributed by atoms with van der Waals surface area (Å²) in [6.07, 6.45) is 5.05. The van der Waals surface area contributed by atoms with E-state index in [0.29, 0.717) is 6.42 Å². The van der Waals surface area contributed by atoms with E-state index in [1.54, 1.807) is 6.33 Å². The maximum absolute atomic E-state index is 11.4. The van der Waals surface area contributed by atoms with Gasteiger partial charge in [-0.1, -0.05) is 6.42 Å². The van der Waals surface area contributed by atoms with E-state index in [4.69, 9.17) is 5.73 Å². The SMILES string of the molecule is NC1(C(=O)O)CCCC1CCN1CCn2cnnc2C1. The highest BCUT2D eigenvalue weighted by Crippen LogP contribution is 2.36. The van der Waals surface area contributed by atoms with Crippen molar-refractivity contribution in [3.8, 4) is 0 Å². The number of rotatable bonds is 4. The molecular formula is C13H21N5O2. The van der Waals surface area contributed by atoms with Crippen molar-refractivity contribution in [2.24, 2.45) is 11.7 Å². The fourth-order valence-electron chi connectivity index (χ4n) is 3.43. The number of carboxylic acids is 1. The lowest BCUT2D eigenvalue weighted by atomic mass is 9.85. The second-order valence-electron chi connectivity index (χ2n) is 5.94. The van der Waals surface area contributed by atoms with Crippen molar-refractivity contribution < 1.29 is 9.90 Å². The molecule has 0 saturated heterocycles. The maximum Gasteiger partial charge on any atom is 0.323 e. The lowest BCUT2D eigenvalue weighted by Crippen LogP contribution is -2.51. The van der Waals surface area contributed by atoms with Gasteiger partial charge in [-0.3, -0.25) is 9.69 Å². The van der Waals surface area contributed by atoms with Crippen molar-refractivity contribution >= 4 is 5.97 Å². The fraction of sp³-hybridized carbons (Fsp3) is 0.769. The zero-order valence-electron chi connectivity index (χ0n) is 11.5. The third-order valence-corrected chi connectivity index (χ3v) is 4.78. The molecule has 0 bridgehead atoms. The average molecular weight is 279 g/mol. The first kappa shape index (κ1) is 13.5. The van der Waals surface area contributed by atoms with Crippen LogP contribution in [-0.2, 0) is 17.9 Å². The Morgan fingerprint density at radius 1 is 1.55 bits per heavy atom. The molecule has 1 aliphatic heterocycles. The Kier molecular flexibility index (Phi) is 3.47. The summed E-state index contributed by atoms with van der Waals surface area (Å²) in [5, 5.41) is 17.3. The van der Waals surface area contributed by atoms with E-state index in [1.165, 1.54) is 0 Å². The molecule has 1 aromatic rings. The molecule has 0 aromatic carbocycles. The molecule has 1 aliphatic carbocycles. The molecule has 0 spiro atoms. The summed E-state index contributed by atoms with van der Waals surface area (Å²) < 4.78 is 2.07. The molecule has 2 atom stereocenters. The summed E-state index contributed by atoms with van der Waals surface area (Å²) in [5.74, 6) is 0.220. The number of hydrogen-bond donors (Lipinski definition) is 2. The Labute approximate surface area is 117 Å². The van der Waals surface area contributed by atoms with Crippen LogP contribution in [0.3, 0.4) is 0 Å². The van der Waals surface area contributed by atoms with E-state index in [-0.39, 0.29) is 5.92 Å². The van der Waals surface area contributed by atoms with Gasteiger partial charge in [0.1, 0.15) is 17.7 Å². The first-order valence-electron chi connectivity index (χ1n) is 7.21. The summed E-state index contributed by atoms with van der Waals surface area (Å²) >= 11 is 0. The summed E-state index contributed by atoms with van der Waals surface area (Å²) in [6.45, 7) is 3.53. The molecule has 2 unspecified atom stereocenters. The standard InChI is InChI=1S/C13H21N5O2/c14-13(12(19)20)4-1-2-10(13)3-5-17-6-7-18-9-15-16-11(18)8-17/h9-10H,1-8,14H2,(H,19,20). The Bertz CT molecular complexity index is 503. The first-order valence-corrected chi connectivity index (χ1v) is 7.21. The summed E-state index contributed by atoms with van der Waals surface area (Å²) in [4.78, 5) is 13.7. The Morgan fingerprint density at radius 3 is 3.20 bits per heavy atom. The third kappa shape index (κ3) is 2.31. The highest BCUT2D eigenvalue weighted by molar-refractivity contribution is 5.79. The van der Waals surface area contributed by atoms with Crippen molar-refractivity contribution in [2.75, 3.05) is 13.1 Å². The molecule has 3 rings (SSSR count). The minimum absolute atomic E-state index is 0.0831. The Balaban J connectivity index is 1.57. The van der Waals surface area contributed by atoms with E-state index in [9.17, 15) is 9.90 Å². The number of aliphatic carboxylic acids is 1. The quantitative estimate of drug-likeness (QED) is 0.809. The summed E-state index contributed by atoms with van der Waals surface area (Å²) in [7, 11) is 0. The second kappa shape index (κ2) is 5.14. The van der Waals surface area contributed by atoms with Crippen molar-refractivity contribution in [3.63, 3.8) is 0 Å². The van der Waals surface area contributed by atoms with Gasteiger partial charge in [-0.15, -0.1) is 10.2 Å². The molecule has 2 heterocycles. The largest absolute Gasteiger partial charge is 0.480 e. The fourth-order valence-corrected chi connectivity index (χ4v) is 3.43. The summed E-state index contributed by atoms with van der Waals surface area (Å²) in [5.41, 5.74) is 5.06. The second-order valence-corrected chi connectivity index (χ2v) is 5.94. The van der Waals surface area contributed by atoms with Crippen LogP contribution in [0.25, 0.3) is 0 Å². The maximum atomic E-state index is 11.4. The van der Waals surface area contributed by atoms with Gasteiger partial charge in [-0.05, 0) is 31.7 Å². The number of aromatic nitrogens is 3. The van der Waals surface area contributed by atoms with E-state index in [2.05, 4.69) is 19.7 Å². The zero-order chi connectivity index (χ0) is 14.2. The van der Waals surface area contributed by atoms with Crippen LogP contribution < -0.4 is 5.73 Å². The van der Waals surface area contributed by atoms with Crippen LogP contribution in [0.1, 0.15) is 31.5 Å². The topological polar surface area (TPSA) is 97.3 Å². The molecule has 2 aliphatic rings. The van der Waals surface area contributed by atoms with Crippen molar-refractivity contribution in [3.05, 3.63) is 12.2 Å². The van der Waals surface area contributed by atoms with Gasteiger partial charge in [0.05, 0.1) is 6.54 Å². The lowest BCUT2D eigenvalue weighted by molar-refractivity contribution is -0.144. The minimum Gasteiger partial charge on any atom is -0.480 e. The molecule has 1 saturated carbocycles. The van der Waals surface area contributed by atoms with Gasteiger partial charge >= 0.3 is 5.97 Å². The van der Waals surface area contributed by atoms with Gasteiger partial charge in [-0.25, -0.2) is 0 Å². The molecular weight excluding hydrogens is 258 g/mol. The normalized spacial score (nSPS) is 30.4. The van der Waals surface area contributed by atoms with Crippen LogP contribution in [0.4, 0.5) is 0 Å². The Morgan fingerprint density at radius 2 is 2.40 bits per heavy atom. The van der Waals surface area contributed by atoms with Gasteiger partial charge in [-0.2, -0.15) is 0 Å². The van der Waals surface area contributed by atoms with Crippen LogP contribution in [0.15, 0.2) is 6.33 Å². The average Bonchev–Trinajstić information content (AvgIpc) is 3.03. The number of fused-ring (bicyclic) bond motifs is 1. The van der Waals surface area contributed by atoms with Crippen LogP contribution >= 0.6 is 0 Å². The van der Waals surface area contributed by atoms with E-state index in [0.717, 1.165) is 51.3 Å². The van der Waals surface area contributed by atoms with Gasteiger partial charge < -0.3 is 15.4 Å². The van der Waals surface area contributed by atoms with Gasteiger partial charge in [0.15, 0.2) is 0 Å². The third-order valence-electron chi connectivity index (χ3n) is 4.78. The molecule has 110 valence electrons. The van der Waals surface area contributed by atoms with Crippen LogP contribution in [0.5, 0.6) is 0 Å². The van der Waals surface area contributed by atoms with E-state index in [1.807, 2.05) is 0 Å². The smallest absolute Gasteiger partial charge is 0.323 e. The van der Waals surface area contributed by atoms with Gasteiger partial charge in [0.25, 0.3) is 0 Å². The highest BCUT2D eigenvalue weighted by Gasteiger charge is 2.45. The minimum atomic E-state index is -1.02. The molecule has 0 radical (unpaired) electrons.